The number of carboxylic acids is 2. The van der Waals surface area contributed by atoms with Crippen molar-refractivity contribution >= 4 is 11.9 Å². The first kappa shape index (κ1) is 15.4. The van der Waals surface area contributed by atoms with Gasteiger partial charge in [0.25, 0.3) is 0 Å². The minimum Gasteiger partial charge on any atom is -0.550 e. The Hall–Kier alpha value is -0.100. The predicted molar refractivity (Wildman–Crippen MR) is 39.0 cm³/mol. The van der Waals surface area contributed by atoms with Crippen LogP contribution in [0.5, 0.6) is 0 Å². The van der Waals surface area contributed by atoms with E-state index in [1.165, 1.54) is 13.8 Å². The standard InChI is InChI=1S/C7H13NO4.Na/c1-7(2,3-4(9)10)5(8)6(11)12;/h5H,3,8H2,1-2H3,(H,9,10)(H,11,12);/q;+1/p-1/t5-;/m1./s1. The zero-order valence-corrected chi connectivity index (χ0v) is 10.0. The summed E-state index contributed by atoms with van der Waals surface area (Å²) in [4.78, 5) is 20.6. The molecule has 5 nitrogen and oxygen atoms in total. The van der Waals surface area contributed by atoms with Crippen molar-refractivity contribution in [2.45, 2.75) is 26.3 Å². The maximum Gasteiger partial charge on any atom is 1.00 e. The van der Waals surface area contributed by atoms with Crippen LogP contribution in [-0.4, -0.2) is 23.1 Å². The van der Waals surface area contributed by atoms with Crippen molar-refractivity contribution in [1.82, 2.24) is 0 Å². The van der Waals surface area contributed by atoms with Gasteiger partial charge >= 0.3 is 35.5 Å². The second-order valence-electron chi connectivity index (χ2n) is 3.35. The Morgan fingerprint density at radius 1 is 1.54 bits per heavy atom. The van der Waals surface area contributed by atoms with Gasteiger partial charge in [0.1, 0.15) is 6.04 Å². The van der Waals surface area contributed by atoms with Crippen molar-refractivity contribution in [3.8, 4) is 0 Å². The molecule has 0 rings (SSSR count). The molecule has 0 saturated heterocycles. The van der Waals surface area contributed by atoms with E-state index in [0.29, 0.717) is 0 Å². The van der Waals surface area contributed by atoms with E-state index >= 15 is 0 Å². The number of aliphatic carboxylic acids is 2. The Kier molecular flexibility index (Phi) is 6.61. The Morgan fingerprint density at radius 3 is 2.15 bits per heavy atom. The fourth-order valence-electron chi connectivity index (χ4n) is 0.816. The summed E-state index contributed by atoms with van der Waals surface area (Å²) < 4.78 is 0. The number of rotatable bonds is 4. The molecule has 0 heterocycles. The van der Waals surface area contributed by atoms with Crippen LogP contribution in [0.1, 0.15) is 20.3 Å². The molecule has 0 radical (unpaired) electrons. The normalized spacial score (nSPS) is 12.8. The van der Waals surface area contributed by atoms with Gasteiger partial charge in [-0.25, -0.2) is 0 Å². The molecule has 0 unspecified atom stereocenters. The molecule has 0 aromatic rings. The molecule has 0 saturated carbocycles. The molecule has 0 aromatic carbocycles. The third-order valence-electron chi connectivity index (χ3n) is 1.71. The molecular formula is C7H12NNaO4. The van der Waals surface area contributed by atoms with Gasteiger partial charge in [0.05, 0.1) is 0 Å². The summed E-state index contributed by atoms with van der Waals surface area (Å²) in [7, 11) is 0. The van der Waals surface area contributed by atoms with Gasteiger partial charge in [0, 0.05) is 5.97 Å². The molecule has 0 bridgehead atoms. The third kappa shape index (κ3) is 5.25. The molecule has 0 aromatic heterocycles. The van der Waals surface area contributed by atoms with E-state index in [4.69, 9.17) is 10.8 Å². The number of carbonyl (C=O) groups excluding carboxylic acids is 1. The van der Waals surface area contributed by atoms with E-state index in [1.54, 1.807) is 0 Å². The van der Waals surface area contributed by atoms with Crippen LogP contribution in [0.3, 0.4) is 0 Å². The van der Waals surface area contributed by atoms with Crippen LogP contribution in [0.25, 0.3) is 0 Å². The van der Waals surface area contributed by atoms with Gasteiger partial charge in [-0.15, -0.1) is 0 Å². The molecule has 13 heavy (non-hydrogen) atoms. The maximum absolute atomic E-state index is 10.4. The number of hydrogen-bond acceptors (Lipinski definition) is 4. The minimum absolute atomic E-state index is 0. The first-order chi connectivity index (χ1) is 5.27. The number of carbonyl (C=O) groups is 2. The third-order valence-corrected chi connectivity index (χ3v) is 1.71. The van der Waals surface area contributed by atoms with Crippen molar-refractivity contribution in [2.24, 2.45) is 11.1 Å². The summed E-state index contributed by atoms with van der Waals surface area (Å²) in [5.74, 6) is -2.50. The zero-order chi connectivity index (χ0) is 9.94. The Morgan fingerprint density at radius 2 is 1.92 bits per heavy atom. The Labute approximate surface area is 98.6 Å². The predicted octanol–water partition coefficient (Wildman–Crippen LogP) is -4.43. The minimum atomic E-state index is -1.29. The van der Waals surface area contributed by atoms with Crippen LogP contribution in [0, 0.1) is 5.41 Å². The van der Waals surface area contributed by atoms with E-state index in [2.05, 4.69) is 0 Å². The van der Waals surface area contributed by atoms with Crippen LogP contribution < -0.4 is 40.4 Å². The van der Waals surface area contributed by atoms with Crippen LogP contribution in [-0.2, 0) is 9.59 Å². The molecule has 1 atom stereocenters. The molecule has 0 amide bonds. The van der Waals surface area contributed by atoms with Crippen LogP contribution >= 0.6 is 0 Å². The van der Waals surface area contributed by atoms with Crippen molar-refractivity contribution in [1.29, 1.82) is 0 Å². The van der Waals surface area contributed by atoms with E-state index in [0.717, 1.165) is 0 Å². The van der Waals surface area contributed by atoms with Gasteiger partial charge in [-0.3, -0.25) is 4.79 Å². The van der Waals surface area contributed by atoms with Crippen molar-refractivity contribution in [3.05, 3.63) is 0 Å². The van der Waals surface area contributed by atoms with Crippen molar-refractivity contribution in [2.75, 3.05) is 0 Å². The van der Waals surface area contributed by atoms with E-state index in [1.807, 2.05) is 0 Å². The van der Waals surface area contributed by atoms with Crippen LogP contribution in [0.4, 0.5) is 0 Å². The second-order valence-corrected chi connectivity index (χ2v) is 3.35. The number of carboxylic acid groups (broad SMARTS) is 2. The number of hydrogen-bond donors (Lipinski definition) is 2. The topological polar surface area (TPSA) is 103 Å². The molecule has 0 fully saturated rings. The largest absolute Gasteiger partial charge is 1.00 e. The smallest absolute Gasteiger partial charge is 0.550 e. The fourth-order valence-corrected chi connectivity index (χ4v) is 0.816. The molecule has 0 aliphatic carbocycles. The first-order valence-electron chi connectivity index (χ1n) is 3.45. The van der Waals surface area contributed by atoms with Gasteiger partial charge in [0.15, 0.2) is 0 Å². The average Bonchev–Trinajstić information content (AvgIpc) is 1.82. The van der Waals surface area contributed by atoms with E-state index in [9.17, 15) is 14.7 Å². The zero-order valence-electron chi connectivity index (χ0n) is 8.03. The summed E-state index contributed by atoms with van der Waals surface area (Å²) in [6, 6.07) is -1.18. The van der Waals surface area contributed by atoms with Crippen molar-refractivity contribution in [3.63, 3.8) is 0 Å². The molecule has 0 aliphatic heterocycles. The summed E-state index contributed by atoms with van der Waals surface area (Å²) in [6.45, 7) is 2.95. The van der Waals surface area contributed by atoms with E-state index in [-0.39, 0.29) is 36.0 Å². The summed E-state index contributed by atoms with van der Waals surface area (Å²) in [6.07, 6.45) is -0.361. The fraction of sp³-hybridized carbons (Fsp3) is 0.714. The van der Waals surface area contributed by atoms with Crippen LogP contribution in [0.2, 0.25) is 0 Å². The summed E-state index contributed by atoms with van der Waals surface area (Å²) in [5.41, 5.74) is 4.27. The molecule has 6 heteroatoms. The maximum atomic E-state index is 10.4. The SMILES string of the molecule is CC(C)(CC(=O)[O-])[C@H](N)C(=O)O.[Na+]. The van der Waals surface area contributed by atoms with Crippen LogP contribution in [0.15, 0.2) is 0 Å². The first-order valence-corrected chi connectivity index (χ1v) is 3.45. The second kappa shape index (κ2) is 5.59. The van der Waals surface area contributed by atoms with Gasteiger partial charge in [-0.2, -0.15) is 0 Å². The summed E-state index contributed by atoms with van der Waals surface area (Å²) in [5, 5.41) is 18.7. The van der Waals surface area contributed by atoms with E-state index < -0.39 is 23.4 Å². The van der Waals surface area contributed by atoms with Crippen molar-refractivity contribution < 1.29 is 49.4 Å². The Balaban J connectivity index is 0. The average molecular weight is 197 g/mol. The van der Waals surface area contributed by atoms with Gasteiger partial charge < -0.3 is 20.7 Å². The molecule has 3 N–H and O–H groups in total. The summed E-state index contributed by atoms with van der Waals surface area (Å²) >= 11 is 0. The molecular weight excluding hydrogens is 185 g/mol. The molecule has 70 valence electrons. The number of nitrogens with two attached hydrogens (primary N) is 1. The van der Waals surface area contributed by atoms with Gasteiger partial charge in [-0.05, 0) is 11.8 Å². The Bertz CT molecular complexity index is 205. The molecule has 0 spiro atoms. The van der Waals surface area contributed by atoms with Gasteiger partial charge in [0.2, 0.25) is 0 Å². The monoisotopic (exact) mass is 197 g/mol. The quantitative estimate of drug-likeness (QED) is 0.443. The molecule has 0 aliphatic rings. The van der Waals surface area contributed by atoms with Gasteiger partial charge in [-0.1, -0.05) is 13.8 Å².